The molecule has 23 heavy (non-hydrogen) atoms. The molecule has 1 aliphatic heterocycles. The van der Waals surface area contributed by atoms with Gasteiger partial charge in [0.1, 0.15) is 5.75 Å². The summed E-state index contributed by atoms with van der Waals surface area (Å²) in [4.78, 5) is 14.4. The van der Waals surface area contributed by atoms with Gasteiger partial charge in [0.15, 0.2) is 0 Å². The monoisotopic (exact) mass is 319 g/mol. The molecule has 128 valence electrons. The molecule has 0 saturated carbocycles. The van der Waals surface area contributed by atoms with Crippen molar-refractivity contribution < 1.29 is 9.53 Å². The van der Waals surface area contributed by atoms with Crippen LogP contribution in [0.4, 0.5) is 0 Å². The Bertz CT molecular complexity index is 545. The van der Waals surface area contributed by atoms with Gasteiger partial charge in [0.2, 0.25) is 5.91 Å². The third-order valence-electron chi connectivity index (χ3n) is 4.43. The van der Waals surface area contributed by atoms with Crippen molar-refractivity contribution in [1.29, 1.82) is 0 Å². The molecule has 3 N–H and O–H groups in total. The second-order valence-electron chi connectivity index (χ2n) is 6.56. The number of amides is 1. The van der Waals surface area contributed by atoms with E-state index in [2.05, 4.69) is 36.2 Å². The first-order chi connectivity index (χ1) is 11.0. The van der Waals surface area contributed by atoms with E-state index in [1.54, 1.807) is 7.11 Å². The third kappa shape index (κ3) is 4.24. The lowest BCUT2D eigenvalue weighted by Gasteiger charge is -2.24. The van der Waals surface area contributed by atoms with E-state index in [1.807, 2.05) is 13.0 Å². The van der Waals surface area contributed by atoms with Crippen LogP contribution in [0.3, 0.4) is 0 Å². The van der Waals surface area contributed by atoms with Crippen molar-refractivity contribution in [3.63, 3.8) is 0 Å². The molecule has 2 rings (SSSR count). The minimum atomic E-state index is -0.155. The molecule has 1 aliphatic rings. The molecule has 1 amide bonds. The molecule has 0 aromatic heterocycles. The summed E-state index contributed by atoms with van der Waals surface area (Å²) in [5, 5.41) is 2.91. The predicted molar refractivity (Wildman–Crippen MR) is 92.6 cm³/mol. The van der Waals surface area contributed by atoms with Crippen molar-refractivity contribution in [2.45, 2.75) is 51.7 Å². The number of likely N-dealkylation sites (N-methyl/N-ethyl adjacent to an activating group) is 1. The van der Waals surface area contributed by atoms with Crippen LogP contribution < -0.4 is 15.8 Å². The first-order valence-corrected chi connectivity index (χ1v) is 8.40. The maximum Gasteiger partial charge on any atom is 0.237 e. The normalized spacial score (nSPS) is 21.7. The fraction of sp³-hybridized carbons (Fsp3) is 0.611. The third-order valence-corrected chi connectivity index (χ3v) is 4.43. The molecule has 0 radical (unpaired) electrons. The van der Waals surface area contributed by atoms with Gasteiger partial charge in [-0.25, -0.2) is 0 Å². The van der Waals surface area contributed by atoms with Crippen molar-refractivity contribution >= 4 is 5.91 Å². The summed E-state index contributed by atoms with van der Waals surface area (Å²) in [7, 11) is 1.69. The summed E-state index contributed by atoms with van der Waals surface area (Å²) in [6.45, 7) is 8.34. The van der Waals surface area contributed by atoms with Crippen LogP contribution in [0.1, 0.15) is 44.2 Å². The zero-order valence-corrected chi connectivity index (χ0v) is 14.6. The van der Waals surface area contributed by atoms with E-state index in [4.69, 9.17) is 10.5 Å². The maximum absolute atomic E-state index is 12.3. The molecule has 0 bridgehead atoms. The van der Waals surface area contributed by atoms with Gasteiger partial charge in [0.05, 0.1) is 13.2 Å². The van der Waals surface area contributed by atoms with Crippen LogP contribution in [-0.2, 0) is 11.3 Å². The van der Waals surface area contributed by atoms with Crippen LogP contribution in [0.2, 0.25) is 0 Å². The van der Waals surface area contributed by atoms with Gasteiger partial charge < -0.3 is 15.8 Å². The van der Waals surface area contributed by atoms with Gasteiger partial charge >= 0.3 is 0 Å². The van der Waals surface area contributed by atoms with Crippen LogP contribution >= 0.6 is 0 Å². The van der Waals surface area contributed by atoms with Gasteiger partial charge in [-0.05, 0) is 30.9 Å². The van der Waals surface area contributed by atoms with E-state index in [1.165, 1.54) is 5.56 Å². The molecular formula is C18H29N3O2. The van der Waals surface area contributed by atoms with E-state index >= 15 is 0 Å². The molecule has 1 heterocycles. The number of likely N-dealkylation sites (tertiary alicyclic amines) is 1. The van der Waals surface area contributed by atoms with Crippen molar-refractivity contribution in [2.24, 2.45) is 5.73 Å². The molecule has 0 aliphatic carbocycles. The van der Waals surface area contributed by atoms with Gasteiger partial charge in [-0.1, -0.05) is 26.0 Å². The summed E-state index contributed by atoms with van der Waals surface area (Å²) in [6.07, 6.45) is 0.706. The Kier molecular flexibility index (Phi) is 6.02. The quantitative estimate of drug-likeness (QED) is 0.840. The minimum Gasteiger partial charge on any atom is -0.496 e. The zero-order chi connectivity index (χ0) is 17.0. The average molecular weight is 319 g/mol. The molecule has 0 spiro atoms. The number of hydrogen-bond acceptors (Lipinski definition) is 4. The molecule has 2 atom stereocenters. The number of rotatable bonds is 6. The van der Waals surface area contributed by atoms with Gasteiger partial charge in [0.25, 0.3) is 0 Å². The largest absolute Gasteiger partial charge is 0.496 e. The van der Waals surface area contributed by atoms with Crippen molar-refractivity contribution in [2.75, 3.05) is 20.2 Å². The second kappa shape index (κ2) is 7.79. The first-order valence-electron chi connectivity index (χ1n) is 8.40. The van der Waals surface area contributed by atoms with E-state index in [0.717, 1.165) is 17.9 Å². The van der Waals surface area contributed by atoms with E-state index in [0.29, 0.717) is 25.4 Å². The molecule has 1 aromatic rings. The SMILES string of the molecule is CCNC(=O)[C@@H]1C[C@@H](N)CN1Cc1cc(C(C)C)ccc1OC. The van der Waals surface area contributed by atoms with Crippen LogP contribution in [0.15, 0.2) is 18.2 Å². The Balaban J connectivity index is 2.22. The summed E-state index contributed by atoms with van der Waals surface area (Å²) in [5.74, 6) is 1.39. The van der Waals surface area contributed by atoms with Gasteiger partial charge in [-0.2, -0.15) is 0 Å². The molecule has 1 fully saturated rings. The Hall–Kier alpha value is -1.59. The van der Waals surface area contributed by atoms with E-state index < -0.39 is 0 Å². The van der Waals surface area contributed by atoms with Crippen LogP contribution in [0.25, 0.3) is 0 Å². The lowest BCUT2D eigenvalue weighted by atomic mass is 10.00. The summed E-state index contributed by atoms with van der Waals surface area (Å²) >= 11 is 0. The summed E-state index contributed by atoms with van der Waals surface area (Å²) in [6, 6.07) is 6.19. The molecular weight excluding hydrogens is 290 g/mol. The number of ether oxygens (including phenoxy) is 1. The Morgan fingerprint density at radius 2 is 2.22 bits per heavy atom. The smallest absolute Gasteiger partial charge is 0.237 e. The maximum atomic E-state index is 12.3. The Morgan fingerprint density at radius 1 is 1.48 bits per heavy atom. The second-order valence-corrected chi connectivity index (χ2v) is 6.56. The average Bonchev–Trinajstić information content (AvgIpc) is 2.88. The highest BCUT2D eigenvalue weighted by molar-refractivity contribution is 5.82. The standard InChI is InChI=1S/C18H29N3O2/c1-5-20-18(22)16-9-15(19)11-21(16)10-14-8-13(12(2)3)6-7-17(14)23-4/h6-8,12,15-16H,5,9-11,19H2,1-4H3,(H,20,22)/t15-,16+/m1/s1. The highest BCUT2D eigenvalue weighted by atomic mass is 16.5. The fourth-order valence-corrected chi connectivity index (χ4v) is 3.18. The van der Waals surface area contributed by atoms with E-state index in [-0.39, 0.29) is 18.0 Å². The lowest BCUT2D eigenvalue weighted by Crippen LogP contribution is -2.42. The number of nitrogens with zero attached hydrogens (tertiary/aromatic N) is 1. The fourth-order valence-electron chi connectivity index (χ4n) is 3.18. The minimum absolute atomic E-state index is 0.0434. The molecule has 5 nitrogen and oxygen atoms in total. The molecule has 5 heteroatoms. The Morgan fingerprint density at radius 3 is 2.83 bits per heavy atom. The summed E-state index contributed by atoms with van der Waals surface area (Å²) in [5.41, 5.74) is 8.49. The molecule has 1 saturated heterocycles. The number of nitrogens with two attached hydrogens (primary N) is 1. The van der Waals surface area contributed by atoms with Crippen LogP contribution in [-0.4, -0.2) is 43.1 Å². The Labute approximate surface area is 139 Å². The number of nitrogens with one attached hydrogen (secondary N) is 1. The van der Waals surface area contributed by atoms with Gasteiger partial charge in [0, 0.05) is 31.2 Å². The van der Waals surface area contributed by atoms with E-state index in [9.17, 15) is 4.79 Å². The highest BCUT2D eigenvalue weighted by Crippen LogP contribution is 2.28. The van der Waals surface area contributed by atoms with Gasteiger partial charge in [-0.3, -0.25) is 9.69 Å². The highest BCUT2D eigenvalue weighted by Gasteiger charge is 2.35. The number of hydrogen-bond donors (Lipinski definition) is 2. The number of benzene rings is 1. The van der Waals surface area contributed by atoms with Crippen molar-refractivity contribution in [1.82, 2.24) is 10.2 Å². The number of methoxy groups -OCH3 is 1. The van der Waals surface area contributed by atoms with Gasteiger partial charge in [-0.15, -0.1) is 0 Å². The first kappa shape index (κ1) is 17.8. The van der Waals surface area contributed by atoms with Crippen LogP contribution in [0, 0.1) is 0 Å². The molecule has 1 aromatic carbocycles. The zero-order valence-electron chi connectivity index (χ0n) is 14.6. The van der Waals surface area contributed by atoms with Crippen LogP contribution in [0.5, 0.6) is 5.75 Å². The lowest BCUT2D eigenvalue weighted by molar-refractivity contribution is -0.125. The number of carbonyl (C=O) groups is 1. The van der Waals surface area contributed by atoms with Crippen molar-refractivity contribution in [3.8, 4) is 5.75 Å². The number of carbonyl (C=O) groups excluding carboxylic acids is 1. The molecule has 0 unspecified atom stereocenters. The predicted octanol–water partition coefficient (Wildman–Crippen LogP) is 1.86. The summed E-state index contributed by atoms with van der Waals surface area (Å²) < 4.78 is 5.50. The topological polar surface area (TPSA) is 67.6 Å². The van der Waals surface area contributed by atoms with Crippen molar-refractivity contribution in [3.05, 3.63) is 29.3 Å².